The number of hydrogen-bond acceptors (Lipinski definition) is 4. The van der Waals surface area contributed by atoms with Gasteiger partial charge in [-0.05, 0) is 33.6 Å². The van der Waals surface area contributed by atoms with Crippen LogP contribution in [0.1, 0.15) is 40.0 Å². The standard InChI is InChI=1S/C13H20N2O4/c1-13(2,3)19-11(17)6-9-12(18)15(8-4-5-8)7-10(16)14-9/h8-9H,4-7H2,1-3H3,(H,14,16)/t9-/m0/s1. The van der Waals surface area contributed by atoms with E-state index in [4.69, 9.17) is 4.74 Å². The number of carbonyl (C=O) groups excluding carboxylic acids is 3. The molecule has 1 heterocycles. The maximum atomic E-state index is 12.2. The fourth-order valence-corrected chi connectivity index (χ4v) is 2.12. The molecular weight excluding hydrogens is 248 g/mol. The summed E-state index contributed by atoms with van der Waals surface area (Å²) in [6, 6.07) is -0.601. The van der Waals surface area contributed by atoms with Gasteiger partial charge < -0.3 is 15.0 Å². The molecule has 1 aliphatic heterocycles. The molecule has 1 aliphatic carbocycles. The highest BCUT2D eigenvalue weighted by molar-refractivity contribution is 5.97. The largest absolute Gasteiger partial charge is 0.460 e. The molecule has 1 saturated heterocycles. The van der Waals surface area contributed by atoms with Crippen molar-refractivity contribution in [1.82, 2.24) is 10.2 Å². The Balaban J connectivity index is 1.96. The zero-order valence-electron chi connectivity index (χ0n) is 11.6. The molecule has 0 aromatic rings. The molecule has 2 rings (SSSR count). The second-order valence-corrected chi connectivity index (χ2v) is 6.11. The lowest BCUT2D eigenvalue weighted by Gasteiger charge is -2.32. The maximum absolute atomic E-state index is 12.2. The van der Waals surface area contributed by atoms with Crippen LogP contribution in [0.3, 0.4) is 0 Å². The molecule has 6 nitrogen and oxygen atoms in total. The van der Waals surface area contributed by atoms with Crippen LogP contribution in [0, 0.1) is 0 Å². The number of esters is 1. The Hall–Kier alpha value is -1.59. The molecule has 0 radical (unpaired) electrons. The lowest BCUT2D eigenvalue weighted by Crippen LogP contribution is -2.59. The Kier molecular flexibility index (Phi) is 3.52. The van der Waals surface area contributed by atoms with Gasteiger partial charge in [0, 0.05) is 6.04 Å². The second-order valence-electron chi connectivity index (χ2n) is 6.11. The van der Waals surface area contributed by atoms with E-state index >= 15 is 0 Å². The first-order valence-corrected chi connectivity index (χ1v) is 6.58. The van der Waals surface area contributed by atoms with Crippen LogP contribution in [-0.2, 0) is 19.1 Å². The molecule has 1 saturated carbocycles. The molecule has 6 heteroatoms. The lowest BCUT2D eigenvalue weighted by molar-refractivity contribution is -0.158. The van der Waals surface area contributed by atoms with Crippen LogP contribution in [0.25, 0.3) is 0 Å². The minimum atomic E-state index is -0.781. The minimum absolute atomic E-state index is 0.105. The number of hydrogen-bond donors (Lipinski definition) is 1. The van der Waals surface area contributed by atoms with E-state index in [2.05, 4.69) is 5.32 Å². The monoisotopic (exact) mass is 268 g/mol. The molecule has 19 heavy (non-hydrogen) atoms. The van der Waals surface area contributed by atoms with Gasteiger partial charge in [0.25, 0.3) is 0 Å². The van der Waals surface area contributed by atoms with Crippen LogP contribution in [0.15, 0.2) is 0 Å². The van der Waals surface area contributed by atoms with Gasteiger partial charge in [-0.25, -0.2) is 0 Å². The van der Waals surface area contributed by atoms with Crippen LogP contribution >= 0.6 is 0 Å². The number of piperazine rings is 1. The molecule has 106 valence electrons. The number of carbonyl (C=O) groups is 3. The minimum Gasteiger partial charge on any atom is -0.460 e. The van der Waals surface area contributed by atoms with E-state index in [0.29, 0.717) is 0 Å². The number of rotatable bonds is 3. The molecule has 2 amide bonds. The summed E-state index contributed by atoms with van der Waals surface area (Å²) in [4.78, 5) is 37.0. The van der Waals surface area contributed by atoms with E-state index in [9.17, 15) is 14.4 Å². The van der Waals surface area contributed by atoms with Crippen LogP contribution in [0.2, 0.25) is 0 Å². The highest BCUT2D eigenvalue weighted by Gasteiger charge is 2.41. The van der Waals surface area contributed by atoms with Crippen LogP contribution in [0.5, 0.6) is 0 Å². The summed E-state index contributed by atoms with van der Waals surface area (Å²) in [6.07, 6.45) is 1.78. The molecule has 0 aromatic carbocycles. The fourth-order valence-electron chi connectivity index (χ4n) is 2.12. The van der Waals surface area contributed by atoms with Crippen molar-refractivity contribution in [3.63, 3.8) is 0 Å². The Morgan fingerprint density at radius 3 is 2.53 bits per heavy atom. The van der Waals surface area contributed by atoms with Crippen molar-refractivity contribution in [2.24, 2.45) is 0 Å². The number of nitrogens with zero attached hydrogens (tertiary/aromatic N) is 1. The predicted molar refractivity (Wildman–Crippen MR) is 67.1 cm³/mol. The molecule has 1 N–H and O–H groups in total. The first kappa shape index (κ1) is 13.8. The van der Waals surface area contributed by atoms with Gasteiger partial charge in [-0.2, -0.15) is 0 Å². The summed E-state index contributed by atoms with van der Waals surface area (Å²) in [7, 11) is 0. The zero-order valence-corrected chi connectivity index (χ0v) is 11.6. The van der Waals surface area contributed by atoms with Gasteiger partial charge in [-0.1, -0.05) is 0 Å². The van der Waals surface area contributed by atoms with Gasteiger partial charge in [-0.15, -0.1) is 0 Å². The number of ether oxygens (including phenoxy) is 1. The van der Waals surface area contributed by atoms with E-state index < -0.39 is 17.6 Å². The van der Waals surface area contributed by atoms with Crippen molar-refractivity contribution in [2.45, 2.75) is 57.7 Å². The second kappa shape index (κ2) is 4.83. The van der Waals surface area contributed by atoms with Crippen molar-refractivity contribution < 1.29 is 19.1 Å². The summed E-state index contributed by atoms with van der Waals surface area (Å²) in [5.74, 6) is -0.850. The Labute approximate surface area is 112 Å². The summed E-state index contributed by atoms with van der Waals surface area (Å²) in [5, 5.41) is 2.56. The van der Waals surface area contributed by atoms with Crippen molar-refractivity contribution in [3.05, 3.63) is 0 Å². The van der Waals surface area contributed by atoms with Gasteiger partial charge in [-0.3, -0.25) is 14.4 Å². The van der Waals surface area contributed by atoms with E-state index in [0.717, 1.165) is 12.8 Å². The number of amides is 2. The van der Waals surface area contributed by atoms with E-state index in [1.165, 1.54) is 0 Å². The van der Waals surface area contributed by atoms with E-state index in [1.807, 2.05) is 0 Å². The first-order valence-electron chi connectivity index (χ1n) is 6.58. The molecule has 0 aromatic heterocycles. The molecule has 2 fully saturated rings. The van der Waals surface area contributed by atoms with Crippen molar-refractivity contribution in [2.75, 3.05) is 6.54 Å². The van der Waals surface area contributed by atoms with Gasteiger partial charge in [0.2, 0.25) is 11.8 Å². The third-order valence-corrected chi connectivity index (χ3v) is 3.01. The third-order valence-electron chi connectivity index (χ3n) is 3.01. The van der Waals surface area contributed by atoms with Crippen molar-refractivity contribution in [1.29, 1.82) is 0 Å². The van der Waals surface area contributed by atoms with Gasteiger partial charge >= 0.3 is 5.97 Å². The average Bonchev–Trinajstić information content (AvgIpc) is 3.03. The molecule has 1 atom stereocenters. The summed E-state index contributed by atoms with van der Waals surface area (Å²) < 4.78 is 5.17. The summed E-state index contributed by atoms with van der Waals surface area (Å²) in [5.41, 5.74) is -0.588. The SMILES string of the molecule is CC(C)(C)OC(=O)C[C@@H]1NC(=O)CN(C2CC2)C1=O. The van der Waals surface area contributed by atoms with Gasteiger partial charge in [0.1, 0.15) is 11.6 Å². The van der Waals surface area contributed by atoms with Gasteiger partial charge in [0.15, 0.2) is 0 Å². The quantitative estimate of drug-likeness (QED) is 0.742. The predicted octanol–water partition coefficient (Wildman–Crippen LogP) is 0.208. The zero-order chi connectivity index (χ0) is 14.2. The molecule has 0 bridgehead atoms. The first-order chi connectivity index (χ1) is 8.76. The Morgan fingerprint density at radius 2 is 2.00 bits per heavy atom. The summed E-state index contributed by atoms with van der Waals surface area (Å²) >= 11 is 0. The third kappa shape index (κ3) is 3.68. The summed E-state index contributed by atoms with van der Waals surface area (Å²) in [6.45, 7) is 5.41. The van der Waals surface area contributed by atoms with Crippen LogP contribution in [-0.4, -0.2) is 46.9 Å². The van der Waals surface area contributed by atoms with Crippen molar-refractivity contribution >= 4 is 17.8 Å². The van der Waals surface area contributed by atoms with Gasteiger partial charge in [0.05, 0.1) is 13.0 Å². The number of nitrogens with one attached hydrogen (secondary N) is 1. The topological polar surface area (TPSA) is 75.7 Å². The highest BCUT2D eigenvalue weighted by Crippen LogP contribution is 2.28. The maximum Gasteiger partial charge on any atom is 0.308 e. The lowest BCUT2D eigenvalue weighted by atomic mass is 10.1. The van der Waals surface area contributed by atoms with E-state index in [-0.39, 0.29) is 30.8 Å². The molecule has 0 spiro atoms. The van der Waals surface area contributed by atoms with Crippen LogP contribution in [0.4, 0.5) is 0 Å². The highest BCUT2D eigenvalue weighted by atomic mass is 16.6. The normalized spacial score (nSPS) is 24.2. The molecule has 0 unspecified atom stereocenters. The van der Waals surface area contributed by atoms with E-state index in [1.54, 1.807) is 25.7 Å². The molecular formula is C13H20N2O4. The Bertz CT molecular complexity index is 409. The van der Waals surface area contributed by atoms with Crippen molar-refractivity contribution in [3.8, 4) is 0 Å². The molecule has 2 aliphatic rings. The average molecular weight is 268 g/mol. The fraction of sp³-hybridized carbons (Fsp3) is 0.769. The Morgan fingerprint density at radius 1 is 1.37 bits per heavy atom. The van der Waals surface area contributed by atoms with Crippen LogP contribution < -0.4 is 5.32 Å². The smallest absolute Gasteiger partial charge is 0.308 e.